The Hall–Kier alpha value is -3.11. The topological polar surface area (TPSA) is 98.2 Å². The van der Waals surface area contributed by atoms with E-state index in [2.05, 4.69) is 14.9 Å². The molecule has 0 aliphatic heterocycles. The first-order chi connectivity index (χ1) is 12.9. The van der Waals surface area contributed by atoms with Gasteiger partial charge in [0.1, 0.15) is 12.1 Å². The molecule has 0 aliphatic carbocycles. The molecule has 0 spiro atoms. The van der Waals surface area contributed by atoms with Gasteiger partial charge < -0.3 is 8.94 Å². The van der Waals surface area contributed by atoms with Gasteiger partial charge in [-0.1, -0.05) is 17.3 Å². The van der Waals surface area contributed by atoms with Crippen molar-refractivity contribution >= 4 is 21.0 Å². The van der Waals surface area contributed by atoms with Crippen LogP contribution in [0.2, 0.25) is 0 Å². The van der Waals surface area contributed by atoms with E-state index in [0.717, 1.165) is 6.07 Å². The fourth-order valence-electron chi connectivity index (χ4n) is 2.60. The fourth-order valence-corrected chi connectivity index (χ4v) is 3.37. The van der Waals surface area contributed by atoms with Crippen molar-refractivity contribution < 1.29 is 26.1 Å². The SMILES string of the molecule is CNS(=O)(=O)c1cccc(-c2noc(-c3coc4c(F)cc(F)cc34)n2)c1. The van der Waals surface area contributed by atoms with Crippen LogP contribution in [0.3, 0.4) is 0 Å². The molecule has 0 radical (unpaired) electrons. The van der Waals surface area contributed by atoms with Crippen LogP contribution in [-0.4, -0.2) is 25.6 Å². The number of hydrogen-bond acceptors (Lipinski definition) is 6. The summed E-state index contributed by atoms with van der Waals surface area (Å²) in [5.41, 5.74) is 0.487. The second kappa shape index (κ2) is 6.25. The quantitative estimate of drug-likeness (QED) is 0.573. The van der Waals surface area contributed by atoms with E-state index in [1.54, 1.807) is 6.07 Å². The van der Waals surface area contributed by atoms with E-state index in [4.69, 9.17) is 8.94 Å². The van der Waals surface area contributed by atoms with Crippen molar-refractivity contribution in [3.63, 3.8) is 0 Å². The molecule has 0 saturated carbocycles. The van der Waals surface area contributed by atoms with Crippen LogP contribution >= 0.6 is 0 Å². The Morgan fingerprint density at radius 3 is 2.74 bits per heavy atom. The van der Waals surface area contributed by atoms with Crippen LogP contribution in [0.15, 0.2) is 56.5 Å². The van der Waals surface area contributed by atoms with Crippen molar-refractivity contribution in [1.82, 2.24) is 14.9 Å². The van der Waals surface area contributed by atoms with E-state index < -0.39 is 21.7 Å². The van der Waals surface area contributed by atoms with Crippen LogP contribution in [0.5, 0.6) is 0 Å². The first-order valence-electron chi connectivity index (χ1n) is 7.63. The summed E-state index contributed by atoms with van der Waals surface area (Å²) in [6.07, 6.45) is 1.19. The molecule has 138 valence electrons. The second-order valence-electron chi connectivity index (χ2n) is 5.57. The van der Waals surface area contributed by atoms with Gasteiger partial charge >= 0.3 is 0 Å². The highest BCUT2D eigenvalue weighted by atomic mass is 32.2. The average Bonchev–Trinajstić information content (AvgIpc) is 3.28. The summed E-state index contributed by atoms with van der Waals surface area (Å²) >= 11 is 0. The molecule has 2 aromatic carbocycles. The van der Waals surface area contributed by atoms with E-state index >= 15 is 0 Å². The Morgan fingerprint density at radius 1 is 1.15 bits per heavy atom. The molecule has 4 rings (SSSR count). The molecule has 0 saturated heterocycles. The maximum absolute atomic E-state index is 13.8. The lowest BCUT2D eigenvalue weighted by Gasteiger charge is -2.03. The molecule has 27 heavy (non-hydrogen) atoms. The zero-order chi connectivity index (χ0) is 19.2. The summed E-state index contributed by atoms with van der Waals surface area (Å²) in [5, 5.41) is 3.96. The molecule has 0 bridgehead atoms. The molecule has 7 nitrogen and oxygen atoms in total. The number of sulfonamides is 1. The van der Waals surface area contributed by atoms with E-state index in [1.807, 2.05) is 0 Å². The normalized spacial score (nSPS) is 12.0. The van der Waals surface area contributed by atoms with E-state index in [-0.39, 0.29) is 33.1 Å². The number of benzene rings is 2. The molecule has 2 heterocycles. The van der Waals surface area contributed by atoms with Crippen LogP contribution in [0, 0.1) is 11.6 Å². The summed E-state index contributed by atoms with van der Waals surface area (Å²) in [5.74, 6) is -1.52. The standard InChI is InChI=1S/C17H11F2N3O4S/c1-20-27(23,24)11-4-2-3-9(5-11)16-21-17(26-22-16)13-8-25-15-12(13)6-10(18)7-14(15)19/h2-8,20H,1H3. The second-order valence-corrected chi connectivity index (χ2v) is 7.46. The van der Waals surface area contributed by atoms with Crippen molar-refractivity contribution in [2.24, 2.45) is 0 Å². The molecule has 0 atom stereocenters. The minimum absolute atomic E-state index is 0.0179. The van der Waals surface area contributed by atoms with E-state index in [9.17, 15) is 17.2 Å². The number of halogens is 2. The summed E-state index contributed by atoms with van der Waals surface area (Å²) < 4.78 is 63.7. The average molecular weight is 391 g/mol. The first kappa shape index (κ1) is 17.3. The van der Waals surface area contributed by atoms with Crippen molar-refractivity contribution in [2.45, 2.75) is 4.90 Å². The summed E-state index contributed by atoms with van der Waals surface area (Å²) in [4.78, 5) is 4.22. The zero-order valence-electron chi connectivity index (χ0n) is 13.7. The van der Waals surface area contributed by atoms with E-state index in [1.165, 1.54) is 31.5 Å². The van der Waals surface area contributed by atoms with Gasteiger partial charge in [-0.15, -0.1) is 0 Å². The Bertz CT molecular complexity index is 1260. The molecule has 0 fully saturated rings. The molecule has 0 unspecified atom stereocenters. The number of rotatable bonds is 4. The fraction of sp³-hybridized carbons (Fsp3) is 0.0588. The highest BCUT2D eigenvalue weighted by Crippen LogP contribution is 2.33. The lowest BCUT2D eigenvalue weighted by atomic mass is 10.1. The molecular weight excluding hydrogens is 380 g/mol. The molecule has 10 heteroatoms. The lowest BCUT2D eigenvalue weighted by Crippen LogP contribution is -2.18. The number of aromatic nitrogens is 2. The Morgan fingerprint density at radius 2 is 1.96 bits per heavy atom. The van der Waals surface area contributed by atoms with Gasteiger partial charge in [-0.3, -0.25) is 0 Å². The highest BCUT2D eigenvalue weighted by molar-refractivity contribution is 7.89. The number of nitrogens with zero attached hydrogens (tertiary/aromatic N) is 2. The third-order valence-corrected chi connectivity index (χ3v) is 5.33. The van der Waals surface area contributed by atoms with Crippen LogP contribution in [0.4, 0.5) is 8.78 Å². The minimum atomic E-state index is -3.64. The monoisotopic (exact) mass is 391 g/mol. The predicted molar refractivity (Wildman–Crippen MR) is 91.1 cm³/mol. The Kier molecular flexibility index (Phi) is 4.01. The number of fused-ring (bicyclic) bond motifs is 1. The molecule has 0 aliphatic rings. The molecule has 1 N–H and O–H groups in total. The van der Waals surface area contributed by atoms with Crippen LogP contribution in [0.25, 0.3) is 33.8 Å². The third kappa shape index (κ3) is 2.98. The molecule has 0 amide bonds. The van der Waals surface area contributed by atoms with Crippen molar-refractivity contribution in [2.75, 3.05) is 7.05 Å². The van der Waals surface area contributed by atoms with Crippen LogP contribution in [0.1, 0.15) is 0 Å². The van der Waals surface area contributed by atoms with Crippen molar-refractivity contribution in [1.29, 1.82) is 0 Å². The van der Waals surface area contributed by atoms with Crippen LogP contribution < -0.4 is 4.72 Å². The van der Waals surface area contributed by atoms with Gasteiger partial charge in [0.05, 0.1) is 10.5 Å². The maximum Gasteiger partial charge on any atom is 0.262 e. The van der Waals surface area contributed by atoms with Gasteiger partial charge in [-0.25, -0.2) is 21.9 Å². The summed E-state index contributed by atoms with van der Waals surface area (Å²) in [6.45, 7) is 0. The summed E-state index contributed by atoms with van der Waals surface area (Å²) in [7, 11) is -2.34. The largest absolute Gasteiger partial charge is 0.460 e. The molecule has 4 aromatic rings. The van der Waals surface area contributed by atoms with Crippen molar-refractivity contribution in [3.05, 3.63) is 54.3 Å². The van der Waals surface area contributed by atoms with Gasteiger partial charge in [0.25, 0.3) is 5.89 Å². The zero-order valence-corrected chi connectivity index (χ0v) is 14.5. The predicted octanol–water partition coefficient (Wildman–Crippen LogP) is 3.34. The third-order valence-electron chi connectivity index (χ3n) is 3.92. The van der Waals surface area contributed by atoms with Gasteiger partial charge in [-0.05, 0) is 25.2 Å². The highest BCUT2D eigenvalue weighted by Gasteiger charge is 2.20. The Labute approximate surface area is 151 Å². The van der Waals surface area contributed by atoms with Gasteiger partial charge in [-0.2, -0.15) is 4.98 Å². The maximum atomic E-state index is 13.8. The smallest absolute Gasteiger partial charge is 0.262 e. The van der Waals surface area contributed by atoms with Gasteiger partial charge in [0.2, 0.25) is 15.8 Å². The molecule has 2 aromatic heterocycles. The van der Waals surface area contributed by atoms with Crippen molar-refractivity contribution in [3.8, 4) is 22.8 Å². The van der Waals surface area contributed by atoms with Gasteiger partial charge in [0, 0.05) is 17.0 Å². The number of furan rings is 1. The number of nitrogens with one attached hydrogen (secondary N) is 1. The molecular formula is C17H11F2N3O4S. The van der Waals surface area contributed by atoms with E-state index in [0.29, 0.717) is 11.6 Å². The van der Waals surface area contributed by atoms with Gasteiger partial charge in [0.15, 0.2) is 11.4 Å². The van der Waals surface area contributed by atoms with Crippen LogP contribution in [-0.2, 0) is 10.0 Å². The minimum Gasteiger partial charge on any atom is -0.460 e. The number of hydrogen-bond donors (Lipinski definition) is 1. The lowest BCUT2D eigenvalue weighted by molar-refractivity contribution is 0.432. The Balaban J connectivity index is 1.79. The first-order valence-corrected chi connectivity index (χ1v) is 9.11. The summed E-state index contributed by atoms with van der Waals surface area (Å²) in [6, 6.07) is 7.76.